The van der Waals surface area contributed by atoms with E-state index in [9.17, 15) is 9.18 Å². The van der Waals surface area contributed by atoms with Gasteiger partial charge >= 0.3 is 5.97 Å². The second kappa shape index (κ2) is 6.58. The van der Waals surface area contributed by atoms with E-state index >= 15 is 0 Å². The van der Waals surface area contributed by atoms with Crippen LogP contribution < -0.4 is 5.32 Å². The fraction of sp³-hybridized carbons (Fsp3) is 0.267. The summed E-state index contributed by atoms with van der Waals surface area (Å²) in [7, 11) is 0. The van der Waals surface area contributed by atoms with Gasteiger partial charge in [-0.1, -0.05) is 30.9 Å². The van der Waals surface area contributed by atoms with Crippen LogP contribution in [-0.4, -0.2) is 23.4 Å². The maximum atomic E-state index is 14.0. The maximum absolute atomic E-state index is 14.0. The summed E-state index contributed by atoms with van der Waals surface area (Å²) in [5, 5.41) is 3.12. The van der Waals surface area contributed by atoms with Crippen molar-refractivity contribution in [1.82, 2.24) is 5.32 Å². The van der Waals surface area contributed by atoms with Gasteiger partial charge in [-0.2, -0.15) is 0 Å². The van der Waals surface area contributed by atoms with E-state index in [1.807, 2.05) is 0 Å². The smallest absolute Gasteiger partial charge is 0.317 e. The van der Waals surface area contributed by atoms with Crippen molar-refractivity contribution >= 4 is 29.0 Å². The Hall–Kier alpha value is -2.08. The molecule has 0 bridgehead atoms. The number of ether oxygens (including phenoxy) is 1. The molecule has 4 nitrogen and oxygen atoms in total. The van der Waals surface area contributed by atoms with Gasteiger partial charge in [0.05, 0.1) is 6.04 Å². The Labute approximate surface area is 127 Å². The SMILES string of the molecule is C=CCOC(=O)C1C(C)=NC(=S)NC1c1ccccc1F. The number of hydrogen-bond acceptors (Lipinski definition) is 3. The Kier molecular flexibility index (Phi) is 4.80. The van der Waals surface area contributed by atoms with Crippen LogP contribution >= 0.6 is 12.2 Å². The van der Waals surface area contributed by atoms with Gasteiger partial charge in [0.2, 0.25) is 0 Å². The van der Waals surface area contributed by atoms with Crippen molar-refractivity contribution in [3.05, 3.63) is 48.3 Å². The highest BCUT2D eigenvalue weighted by Crippen LogP contribution is 2.29. The lowest BCUT2D eigenvalue weighted by Crippen LogP contribution is -2.44. The predicted molar refractivity (Wildman–Crippen MR) is 82.6 cm³/mol. The Morgan fingerprint density at radius 2 is 2.29 bits per heavy atom. The summed E-state index contributed by atoms with van der Waals surface area (Å²) in [6, 6.07) is 5.62. The second-order valence-corrected chi connectivity index (χ2v) is 4.98. The fourth-order valence-electron chi connectivity index (χ4n) is 2.24. The number of rotatable bonds is 4. The van der Waals surface area contributed by atoms with Gasteiger partial charge < -0.3 is 10.1 Å². The highest BCUT2D eigenvalue weighted by Gasteiger charge is 2.38. The van der Waals surface area contributed by atoms with Gasteiger partial charge in [-0.05, 0) is 25.2 Å². The molecule has 0 amide bonds. The van der Waals surface area contributed by atoms with E-state index in [0.717, 1.165) is 0 Å². The molecule has 1 aromatic rings. The number of esters is 1. The lowest BCUT2D eigenvalue weighted by atomic mass is 9.88. The van der Waals surface area contributed by atoms with Crippen molar-refractivity contribution < 1.29 is 13.9 Å². The molecule has 2 unspecified atom stereocenters. The van der Waals surface area contributed by atoms with E-state index in [1.54, 1.807) is 25.1 Å². The third kappa shape index (κ3) is 3.33. The van der Waals surface area contributed by atoms with Gasteiger partial charge in [-0.3, -0.25) is 4.79 Å². The van der Waals surface area contributed by atoms with Crippen LogP contribution in [0.25, 0.3) is 0 Å². The first kappa shape index (κ1) is 15.3. The van der Waals surface area contributed by atoms with Gasteiger partial charge in [0.15, 0.2) is 5.11 Å². The zero-order chi connectivity index (χ0) is 15.4. The molecule has 2 rings (SSSR count). The van der Waals surface area contributed by atoms with Crippen molar-refractivity contribution in [3.8, 4) is 0 Å². The molecule has 0 saturated carbocycles. The number of halogens is 1. The molecule has 1 heterocycles. The molecule has 0 spiro atoms. The first-order chi connectivity index (χ1) is 10.0. The molecule has 0 fully saturated rings. The first-order valence-corrected chi connectivity index (χ1v) is 6.83. The van der Waals surface area contributed by atoms with Crippen LogP contribution in [0.15, 0.2) is 41.9 Å². The number of nitrogens with one attached hydrogen (secondary N) is 1. The second-order valence-electron chi connectivity index (χ2n) is 4.60. The summed E-state index contributed by atoms with van der Waals surface area (Å²) in [5.41, 5.74) is 0.857. The Bertz CT molecular complexity index is 615. The lowest BCUT2D eigenvalue weighted by Gasteiger charge is -2.31. The molecule has 21 heavy (non-hydrogen) atoms. The van der Waals surface area contributed by atoms with Crippen LogP contribution in [-0.2, 0) is 9.53 Å². The Morgan fingerprint density at radius 3 is 2.95 bits per heavy atom. The molecule has 1 aromatic carbocycles. The number of carbonyl (C=O) groups is 1. The largest absolute Gasteiger partial charge is 0.461 e. The van der Waals surface area contributed by atoms with Crippen LogP contribution in [0.1, 0.15) is 18.5 Å². The average Bonchev–Trinajstić information content (AvgIpc) is 2.44. The molecule has 1 aliphatic heterocycles. The van der Waals surface area contributed by atoms with Crippen LogP contribution in [0.5, 0.6) is 0 Å². The first-order valence-electron chi connectivity index (χ1n) is 6.42. The summed E-state index contributed by atoms with van der Waals surface area (Å²) >= 11 is 5.04. The highest BCUT2D eigenvalue weighted by molar-refractivity contribution is 7.80. The monoisotopic (exact) mass is 306 g/mol. The third-order valence-corrected chi connectivity index (χ3v) is 3.39. The number of nitrogens with zero attached hydrogens (tertiary/aromatic N) is 1. The molecule has 1 N–H and O–H groups in total. The minimum absolute atomic E-state index is 0.0943. The van der Waals surface area contributed by atoms with Crippen LogP contribution in [0, 0.1) is 11.7 Å². The summed E-state index contributed by atoms with van der Waals surface area (Å²) in [4.78, 5) is 16.3. The number of benzene rings is 1. The number of thiocarbonyl (C=S) groups is 1. The summed E-state index contributed by atoms with van der Waals surface area (Å²) in [5.74, 6) is -1.62. The summed E-state index contributed by atoms with van der Waals surface area (Å²) in [6.45, 7) is 5.27. The van der Waals surface area contributed by atoms with Crippen LogP contribution in [0.3, 0.4) is 0 Å². The lowest BCUT2D eigenvalue weighted by molar-refractivity contribution is -0.145. The Balaban J connectivity index is 2.39. The fourth-order valence-corrected chi connectivity index (χ4v) is 2.51. The molecule has 0 aliphatic carbocycles. The van der Waals surface area contributed by atoms with Crippen molar-refractivity contribution in [2.45, 2.75) is 13.0 Å². The van der Waals surface area contributed by atoms with Crippen molar-refractivity contribution in [1.29, 1.82) is 0 Å². The molecule has 110 valence electrons. The molecule has 0 radical (unpaired) electrons. The van der Waals surface area contributed by atoms with Crippen molar-refractivity contribution in [3.63, 3.8) is 0 Å². The van der Waals surface area contributed by atoms with Gasteiger partial charge in [-0.15, -0.1) is 0 Å². The van der Waals surface area contributed by atoms with Gasteiger partial charge in [-0.25, -0.2) is 9.38 Å². The quantitative estimate of drug-likeness (QED) is 0.528. The Morgan fingerprint density at radius 1 is 1.57 bits per heavy atom. The molecular formula is C15H15FN2O2S. The zero-order valence-electron chi connectivity index (χ0n) is 11.5. The number of aliphatic imine (C=N–C) groups is 1. The highest BCUT2D eigenvalue weighted by atomic mass is 32.1. The molecule has 0 saturated heterocycles. The van der Waals surface area contributed by atoms with E-state index in [1.165, 1.54) is 12.1 Å². The van der Waals surface area contributed by atoms with Crippen LogP contribution in [0.4, 0.5) is 4.39 Å². The van der Waals surface area contributed by atoms with E-state index in [2.05, 4.69) is 16.9 Å². The average molecular weight is 306 g/mol. The summed E-state index contributed by atoms with van der Waals surface area (Å²) < 4.78 is 19.1. The minimum Gasteiger partial charge on any atom is -0.461 e. The standard InChI is InChI=1S/C15H15FN2O2S/c1-3-8-20-14(19)12-9(2)17-15(21)18-13(12)10-6-4-5-7-11(10)16/h3-7,12-13H,1,8H2,2H3,(H,18,21). The molecule has 2 atom stereocenters. The van der Waals surface area contributed by atoms with E-state index in [0.29, 0.717) is 11.3 Å². The topological polar surface area (TPSA) is 50.7 Å². The summed E-state index contributed by atoms with van der Waals surface area (Å²) in [6.07, 6.45) is 1.48. The molecule has 6 heteroatoms. The van der Waals surface area contributed by atoms with E-state index < -0.39 is 23.7 Å². The van der Waals surface area contributed by atoms with E-state index in [4.69, 9.17) is 17.0 Å². The molecule has 1 aliphatic rings. The molecule has 0 aromatic heterocycles. The number of carbonyl (C=O) groups excluding carboxylic acids is 1. The molecular weight excluding hydrogens is 291 g/mol. The minimum atomic E-state index is -0.728. The van der Waals surface area contributed by atoms with Crippen LogP contribution in [0.2, 0.25) is 0 Å². The van der Waals surface area contributed by atoms with E-state index in [-0.39, 0.29) is 11.7 Å². The zero-order valence-corrected chi connectivity index (χ0v) is 12.3. The maximum Gasteiger partial charge on any atom is 0.317 e. The van der Waals surface area contributed by atoms with Gasteiger partial charge in [0.1, 0.15) is 18.3 Å². The van der Waals surface area contributed by atoms with Crippen molar-refractivity contribution in [2.24, 2.45) is 10.9 Å². The normalized spacial score (nSPS) is 21.2. The van der Waals surface area contributed by atoms with Gasteiger partial charge in [0.25, 0.3) is 0 Å². The predicted octanol–water partition coefficient (Wildman–Crippen LogP) is 2.56. The number of hydrogen-bond donors (Lipinski definition) is 1. The third-order valence-electron chi connectivity index (χ3n) is 3.18. The van der Waals surface area contributed by atoms with Crippen molar-refractivity contribution in [2.75, 3.05) is 6.61 Å². The van der Waals surface area contributed by atoms with Gasteiger partial charge in [0, 0.05) is 11.3 Å².